The predicted octanol–water partition coefficient (Wildman–Crippen LogP) is 4.50. The summed E-state index contributed by atoms with van der Waals surface area (Å²) in [4.78, 5) is 9.33. The van der Waals surface area contributed by atoms with E-state index in [1.165, 1.54) is 25.7 Å². The van der Waals surface area contributed by atoms with Crippen molar-refractivity contribution in [2.45, 2.75) is 52.0 Å². The minimum Gasteiger partial charge on any atom is -0.312 e. The molecule has 21 heavy (non-hydrogen) atoms. The van der Waals surface area contributed by atoms with Gasteiger partial charge in [-0.2, -0.15) is 0 Å². The lowest BCUT2D eigenvalue weighted by atomic mass is 9.91. The van der Waals surface area contributed by atoms with E-state index in [9.17, 15) is 0 Å². The van der Waals surface area contributed by atoms with Crippen LogP contribution in [-0.2, 0) is 0 Å². The van der Waals surface area contributed by atoms with Crippen molar-refractivity contribution in [1.29, 1.82) is 0 Å². The van der Waals surface area contributed by atoms with Crippen molar-refractivity contribution in [2.75, 3.05) is 7.05 Å². The quantitative estimate of drug-likeness (QED) is 0.776. The van der Waals surface area contributed by atoms with E-state index in [0.29, 0.717) is 6.04 Å². The zero-order valence-corrected chi connectivity index (χ0v) is 13.5. The molecule has 0 bridgehead atoms. The van der Waals surface area contributed by atoms with Crippen LogP contribution < -0.4 is 5.32 Å². The SMILES string of the molecule is CCCCC(CC)CC(NC)c1cnc2ccccc2n1. The minimum atomic E-state index is 0.295. The van der Waals surface area contributed by atoms with E-state index in [1.807, 2.05) is 37.5 Å². The Hall–Kier alpha value is -1.48. The summed E-state index contributed by atoms with van der Waals surface area (Å²) in [5.74, 6) is 0.760. The topological polar surface area (TPSA) is 37.8 Å². The first-order chi connectivity index (χ1) is 10.3. The van der Waals surface area contributed by atoms with Crippen molar-refractivity contribution in [3.8, 4) is 0 Å². The van der Waals surface area contributed by atoms with Crippen LogP contribution in [0.2, 0.25) is 0 Å². The van der Waals surface area contributed by atoms with E-state index >= 15 is 0 Å². The molecule has 0 saturated heterocycles. The fraction of sp³-hybridized carbons (Fsp3) is 0.556. The van der Waals surface area contributed by atoms with Crippen LogP contribution >= 0.6 is 0 Å². The van der Waals surface area contributed by atoms with Gasteiger partial charge in [-0.05, 0) is 31.5 Å². The van der Waals surface area contributed by atoms with Gasteiger partial charge in [0.1, 0.15) is 0 Å². The Kier molecular flexibility index (Phi) is 6.12. The molecule has 2 unspecified atom stereocenters. The molecule has 2 rings (SSSR count). The maximum absolute atomic E-state index is 4.79. The third-order valence-electron chi connectivity index (χ3n) is 4.28. The van der Waals surface area contributed by atoms with Gasteiger partial charge in [0.05, 0.1) is 29.0 Å². The van der Waals surface area contributed by atoms with Crippen molar-refractivity contribution in [3.05, 3.63) is 36.2 Å². The molecule has 0 aliphatic carbocycles. The molecular formula is C18H27N3. The Morgan fingerprint density at radius 2 is 1.90 bits per heavy atom. The van der Waals surface area contributed by atoms with Crippen LogP contribution in [0.5, 0.6) is 0 Å². The van der Waals surface area contributed by atoms with Crippen LogP contribution in [0.3, 0.4) is 0 Å². The van der Waals surface area contributed by atoms with Gasteiger partial charge in [-0.3, -0.25) is 4.98 Å². The van der Waals surface area contributed by atoms with Crippen LogP contribution in [0.1, 0.15) is 57.7 Å². The molecule has 1 aromatic carbocycles. The maximum atomic E-state index is 4.79. The highest BCUT2D eigenvalue weighted by Gasteiger charge is 2.17. The normalized spacial score (nSPS) is 14.2. The number of benzene rings is 1. The van der Waals surface area contributed by atoms with Gasteiger partial charge < -0.3 is 5.32 Å². The first kappa shape index (κ1) is 15.9. The average Bonchev–Trinajstić information content (AvgIpc) is 2.55. The van der Waals surface area contributed by atoms with E-state index < -0.39 is 0 Å². The first-order valence-corrected chi connectivity index (χ1v) is 8.17. The monoisotopic (exact) mass is 285 g/mol. The lowest BCUT2D eigenvalue weighted by molar-refractivity contribution is 0.361. The summed E-state index contributed by atoms with van der Waals surface area (Å²) in [5, 5.41) is 3.42. The molecule has 2 atom stereocenters. The molecule has 3 nitrogen and oxygen atoms in total. The lowest BCUT2D eigenvalue weighted by Crippen LogP contribution is -2.21. The van der Waals surface area contributed by atoms with Crippen LogP contribution in [-0.4, -0.2) is 17.0 Å². The van der Waals surface area contributed by atoms with E-state index in [4.69, 9.17) is 4.98 Å². The summed E-state index contributed by atoms with van der Waals surface area (Å²) in [5.41, 5.74) is 3.01. The van der Waals surface area contributed by atoms with Gasteiger partial charge in [0.25, 0.3) is 0 Å². The molecule has 1 N–H and O–H groups in total. The predicted molar refractivity (Wildman–Crippen MR) is 89.3 cm³/mol. The number of fused-ring (bicyclic) bond motifs is 1. The Balaban J connectivity index is 2.14. The van der Waals surface area contributed by atoms with E-state index in [0.717, 1.165) is 29.1 Å². The number of hydrogen-bond acceptors (Lipinski definition) is 3. The zero-order valence-electron chi connectivity index (χ0n) is 13.5. The second-order valence-corrected chi connectivity index (χ2v) is 5.78. The number of hydrogen-bond donors (Lipinski definition) is 1. The fourth-order valence-corrected chi connectivity index (χ4v) is 2.84. The summed E-state index contributed by atoms with van der Waals surface area (Å²) in [6.07, 6.45) is 8.20. The van der Waals surface area contributed by atoms with Gasteiger partial charge in [-0.25, -0.2) is 4.98 Å². The van der Waals surface area contributed by atoms with Crippen LogP contribution in [0, 0.1) is 5.92 Å². The molecule has 3 heteroatoms. The number of nitrogens with zero attached hydrogens (tertiary/aromatic N) is 2. The second-order valence-electron chi connectivity index (χ2n) is 5.78. The highest BCUT2D eigenvalue weighted by molar-refractivity contribution is 5.73. The smallest absolute Gasteiger partial charge is 0.0890 e. The van der Waals surface area contributed by atoms with Gasteiger partial charge in [0.15, 0.2) is 0 Å². The standard InChI is InChI=1S/C18H27N3/c1-4-6-9-14(5-2)12-17(19-3)18-13-20-15-10-7-8-11-16(15)21-18/h7-8,10-11,13-14,17,19H,4-6,9,12H2,1-3H3. The van der Waals surface area contributed by atoms with Gasteiger partial charge in [0, 0.05) is 0 Å². The third kappa shape index (κ3) is 4.24. The van der Waals surface area contributed by atoms with Crippen molar-refractivity contribution in [1.82, 2.24) is 15.3 Å². The molecule has 0 saturated carbocycles. The number of aromatic nitrogens is 2. The van der Waals surface area contributed by atoms with E-state index in [2.05, 4.69) is 24.1 Å². The highest BCUT2D eigenvalue weighted by atomic mass is 14.9. The molecule has 0 fully saturated rings. The number of unbranched alkanes of at least 4 members (excludes halogenated alkanes) is 1. The van der Waals surface area contributed by atoms with Gasteiger partial charge in [0.2, 0.25) is 0 Å². The number of para-hydroxylation sites is 2. The summed E-state index contributed by atoms with van der Waals surface area (Å²) in [7, 11) is 2.02. The molecular weight excluding hydrogens is 258 g/mol. The minimum absolute atomic E-state index is 0.295. The summed E-state index contributed by atoms with van der Waals surface area (Å²) >= 11 is 0. The Bertz CT molecular complexity index is 553. The molecule has 0 aliphatic heterocycles. The zero-order chi connectivity index (χ0) is 15.1. The molecule has 0 spiro atoms. The highest BCUT2D eigenvalue weighted by Crippen LogP contribution is 2.26. The second kappa shape index (κ2) is 8.08. The Labute approximate surface area is 128 Å². The van der Waals surface area contributed by atoms with Gasteiger partial charge in [-0.1, -0.05) is 51.7 Å². The molecule has 0 amide bonds. The van der Waals surface area contributed by atoms with Gasteiger partial charge >= 0.3 is 0 Å². The molecule has 114 valence electrons. The average molecular weight is 285 g/mol. The molecule has 0 aliphatic rings. The molecule has 1 heterocycles. The first-order valence-electron chi connectivity index (χ1n) is 8.17. The summed E-state index contributed by atoms with van der Waals surface area (Å²) in [6, 6.07) is 8.36. The third-order valence-corrected chi connectivity index (χ3v) is 4.28. The van der Waals surface area contributed by atoms with Crippen molar-refractivity contribution in [2.24, 2.45) is 5.92 Å². The number of rotatable bonds is 8. The fourth-order valence-electron chi connectivity index (χ4n) is 2.84. The maximum Gasteiger partial charge on any atom is 0.0890 e. The lowest BCUT2D eigenvalue weighted by Gasteiger charge is -2.22. The molecule has 0 radical (unpaired) electrons. The van der Waals surface area contributed by atoms with Crippen molar-refractivity contribution >= 4 is 11.0 Å². The molecule has 2 aromatic rings. The largest absolute Gasteiger partial charge is 0.312 e. The van der Waals surface area contributed by atoms with E-state index in [1.54, 1.807) is 0 Å². The van der Waals surface area contributed by atoms with Gasteiger partial charge in [-0.15, -0.1) is 0 Å². The molecule has 1 aromatic heterocycles. The summed E-state index contributed by atoms with van der Waals surface area (Å²) < 4.78 is 0. The Morgan fingerprint density at radius 3 is 2.57 bits per heavy atom. The van der Waals surface area contributed by atoms with Crippen LogP contribution in [0.4, 0.5) is 0 Å². The number of nitrogens with one attached hydrogen (secondary N) is 1. The van der Waals surface area contributed by atoms with Crippen molar-refractivity contribution < 1.29 is 0 Å². The van der Waals surface area contributed by atoms with E-state index in [-0.39, 0.29) is 0 Å². The summed E-state index contributed by atoms with van der Waals surface area (Å²) in [6.45, 7) is 4.55. The van der Waals surface area contributed by atoms with Crippen molar-refractivity contribution in [3.63, 3.8) is 0 Å². The van der Waals surface area contributed by atoms with Crippen LogP contribution in [0.25, 0.3) is 11.0 Å². The van der Waals surface area contributed by atoms with Crippen LogP contribution in [0.15, 0.2) is 30.5 Å². The Morgan fingerprint density at radius 1 is 1.14 bits per heavy atom.